The zero-order valence-corrected chi connectivity index (χ0v) is 14.0. The van der Waals surface area contributed by atoms with E-state index < -0.39 is 0 Å². The molecule has 0 spiro atoms. The summed E-state index contributed by atoms with van der Waals surface area (Å²) in [6, 6.07) is 17.1. The van der Waals surface area contributed by atoms with E-state index in [0.717, 1.165) is 12.0 Å². The molecule has 0 aliphatic heterocycles. The summed E-state index contributed by atoms with van der Waals surface area (Å²) in [7, 11) is 0. The predicted molar refractivity (Wildman–Crippen MR) is 91.9 cm³/mol. The molecule has 0 N–H and O–H groups in total. The summed E-state index contributed by atoms with van der Waals surface area (Å²) in [6.07, 6.45) is 3.65. The lowest BCUT2D eigenvalue weighted by molar-refractivity contribution is 0.794. The van der Waals surface area contributed by atoms with Crippen LogP contribution >= 0.6 is 34.2 Å². The van der Waals surface area contributed by atoms with Crippen LogP contribution in [0.25, 0.3) is 0 Å². The summed E-state index contributed by atoms with van der Waals surface area (Å²) in [5.41, 5.74) is 3.73. The third-order valence-electron chi connectivity index (χ3n) is 3.25. The maximum atomic E-state index is 6.54. The lowest BCUT2D eigenvalue weighted by atomic mass is 10.0. The number of hydrogen-bond acceptors (Lipinski definition) is 0. The molecule has 0 saturated carbocycles. The van der Waals surface area contributed by atoms with Crippen LogP contribution in [0.2, 0.25) is 0 Å². The Morgan fingerprint density at radius 1 is 0.947 bits per heavy atom. The lowest BCUT2D eigenvalue weighted by Gasteiger charge is -2.11. The maximum Gasteiger partial charge on any atom is 0.0835 e. The molecule has 0 fully saturated rings. The van der Waals surface area contributed by atoms with Gasteiger partial charge in [0, 0.05) is 3.57 Å². The minimum absolute atomic E-state index is 0.0581. The molecule has 0 nitrogen and oxygen atoms in total. The molecule has 0 aliphatic carbocycles. The number of rotatable bonds is 5. The lowest BCUT2D eigenvalue weighted by Crippen LogP contribution is -1.94. The molecule has 0 amide bonds. The fraction of sp³-hybridized carbons (Fsp3) is 0.294. The molecule has 0 radical (unpaired) electrons. The third-order valence-corrected chi connectivity index (χ3v) is 4.48. The molecular weight excluding hydrogens is 367 g/mol. The van der Waals surface area contributed by atoms with Crippen molar-refractivity contribution in [1.82, 2.24) is 0 Å². The molecule has 19 heavy (non-hydrogen) atoms. The van der Waals surface area contributed by atoms with Crippen molar-refractivity contribution in [3.63, 3.8) is 0 Å². The minimum atomic E-state index is -0.0581. The van der Waals surface area contributed by atoms with Crippen molar-refractivity contribution in [2.45, 2.75) is 31.6 Å². The van der Waals surface area contributed by atoms with Crippen LogP contribution in [0.1, 0.15) is 41.8 Å². The zero-order valence-electron chi connectivity index (χ0n) is 11.1. The van der Waals surface area contributed by atoms with Gasteiger partial charge in [-0.25, -0.2) is 0 Å². The SMILES string of the molecule is CCCCc1ccc(C(Cl)c2ccc(I)cc2)cc1. The number of unbranched alkanes of at least 4 members (excludes halogenated alkanes) is 1. The van der Waals surface area contributed by atoms with Crippen molar-refractivity contribution in [3.8, 4) is 0 Å². The van der Waals surface area contributed by atoms with Crippen molar-refractivity contribution >= 4 is 34.2 Å². The Kier molecular flexibility index (Phi) is 5.71. The molecule has 0 bridgehead atoms. The van der Waals surface area contributed by atoms with E-state index in [-0.39, 0.29) is 5.38 Å². The highest BCUT2D eigenvalue weighted by Gasteiger charge is 2.10. The highest BCUT2D eigenvalue weighted by molar-refractivity contribution is 14.1. The molecule has 0 heterocycles. The summed E-state index contributed by atoms with van der Waals surface area (Å²) in [6.45, 7) is 2.22. The summed E-state index contributed by atoms with van der Waals surface area (Å²) >= 11 is 8.85. The van der Waals surface area contributed by atoms with Crippen molar-refractivity contribution in [2.24, 2.45) is 0 Å². The molecule has 0 saturated heterocycles. The number of halogens is 2. The molecule has 1 unspecified atom stereocenters. The van der Waals surface area contributed by atoms with Gasteiger partial charge in [0.2, 0.25) is 0 Å². The van der Waals surface area contributed by atoms with Crippen LogP contribution < -0.4 is 0 Å². The van der Waals surface area contributed by atoms with Gasteiger partial charge in [-0.2, -0.15) is 0 Å². The molecule has 0 aromatic heterocycles. The van der Waals surface area contributed by atoms with E-state index >= 15 is 0 Å². The van der Waals surface area contributed by atoms with Gasteiger partial charge in [0.25, 0.3) is 0 Å². The van der Waals surface area contributed by atoms with Gasteiger partial charge >= 0.3 is 0 Å². The second-order valence-corrected chi connectivity index (χ2v) is 6.44. The Balaban J connectivity index is 2.10. The van der Waals surface area contributed by atoms with Crippen LogP contribution in [0.15, 0.2) is 48.5 Å². The van der Waals surface area contributed by atoms with E-state index in [1.54, 1.807) is 0 Å². The summed E-state index contributed by atoms with van der Waals surface area (Å²) in [4.78, 5) is 0. The Morgan fingerprint density at radius 2 is 1.47 bits per heavy atom. The van der Waals surface area contributed by atoms with Crippen LogP contribution in [-0.4, -0.2) is 0 Å². The van der Waals surface area contributed by atoms with Crippen LogP contribution in [0.3, 0.4) is 0 Å². The Hall–Kier alpha value is -0.540. The number of hydrogen-bond donors (Lipinski definition) is 0. The second-order valence-electron chi connectivity index (χ2n) is 4.76. The van der Waals surface area contributed by atoms with Gasteiger partial charge in [0.05, 0.1) is 5.38 Å². The van der Waals surface area contributed by atoms with E-state index in [1.165, 1.54) is 27.5 Å². The number of alkyl halides is 1. The highest BCUT2D eigenvalue weighted by atomic mass is 127. The zero-order chi connectivity index (χ0) is 13.7. The van der Waals surface area contributed by atoms with Gasteiger partial charge in [-0.05, 0) is 64.3 Å². The molecular formula is C17H18ClI. The Labute approximate surface area is 134 Å². The van der Waals surface area contributed by atoms with E-state index in [0.29, 0.717) is 0 Å². The third kappa shape index (κ3) is 4.22. The van der Waals surface area contributed by atoms with Crippen LogP contribution in [-0.2, 0) is 6.42 Å². The Bertz CT molecular complexity index is 502. The van der Waals surface area contributed by atoms with Gasteiger partial charge in [0.1, 0.15) is 0 Å². The standard InChI is InChI=1S/C17H18ClI/c1-2-3-4-13-5-7-14(8-6-13)17(18)15-9-11-16(19)12-10-15/h5-12,17H,2-4H2,1H3. The molecule has 100 valence electrons. The smallest absolute Gasteiger partial charge is 0.0835 e. The monoisotopic (exact) mass is 384 g/mol. The number of benzene rings is 2. The van der Waals surface area contributed by atoms with Crippen LogP contribution in [0, 0.1) is 3.57 Å². The highest BCUT2D eigenvalue weighted by Crippen LogP contribution is 2.29. The van der Waals surface area contributed by atoms with Gasteiger partial charge in [-0.15, -0.1) is 11.6 Å². The Morgan fingerprint density at radius 3 is 2.00 bits per heavy atom. The fourth-order valence-electron chi connectivity index (χ4n) is 2.06. The first-order valence-corrected chi connectivity index (χ1v) is 8.20. The van der Waals surface area contributed by atoms with Crippen LogP contribution in [0.5, 0.6) is 0 Å². The van der Waals surface area contributed by atoms with E-state index in [1.807, 2.05) is 0 Å². The summed E-state index contributed by atoms with van der Waals surface area (Å²) in [5.74, 6) is 0. The van der Waals surface area contributed by atoms with Crippen molar-refractivity contribution < 1.29 is 0 Å². The second kappa shape index (κ2) is 7.30. The van der Waals surface area contributed by atoms with E-state index in [2.05, 4.69) is 78.0 Å². The molecule has 2 aromatic carbocycles. The van der Waals surface area contributed by atoms with E-state index in [9.17, 15) is 0 Å². The van der Waals surface area contributed by atoms with Gasteiger partial charge in [-0.3, -0.25) is 0 Å². The first-order chi connectivity index (χ1) is 9.20. The average Bonchev–Trinajstić information content (AvgIpc) is 2.46. The maximum absolute atomic E-state index is 6.54. The first-order valence-electron chi connectivity index (χ1n) is 6.69. The van der Waals surface area contributed by atoms with Crippen molar-refractivity contribution in [2.75, 3.05) is 0 Å². The molecule has 2 rings (SSSR count). The molecule has 2 heteroatoms. The van der Waals surface area contributed by atoms with Crippen molar-refractivity contribution in [3.05, 3.63) is 68.8 Å². The normalized spacial score (nSPS) is 12.4. The number of aryl methyl sites for hydroxylation is 1. The van der Waals surface area contributed by atoms with Crippen LogP contribution in [0.4, 0.5) is 0 Å². The van der Waals surface area contributed by atoms with E-state index in [4.69, 9.17) is 11.6 Å². The van der Waals surface area contributed by atoms with Gasteiger partial charge in [0.15, 0.2) is 0 Å². The molecule has 0 aliphatic rings. The summed E-state index contributed by atoms with van der Waals surface area (Å²) < 4.78 is 1.24. The minimum Gasteiger partial charge on any atom is -0.113 e. The quantitative estimate of drug-likeness (QED) is 0.440. The summed E-state index contributed by atoms with van der Waals surface area (Å²) in [5, 5.41) is -0.0581. The first kappa shape index (κ1) is 14.9. The largest absolute Gasteiger partial charge is 0.113 e. The fourth-order valence-corrected chi connectivity index (χ4v) is 2.71. The topological polar surface area (TPSA) is 0 Å². The predicted octanol–water partition coefficient (Wildman–Crippen LogP) is 5.96. The van der Waals surface area contributed by atoms with Gasteiger partial charge in [-0.1, -0.05) is 49.7 Å². The molecule has 2 aromatic rings. The average molecular weight is 385 g/mol. The van der Waals surface area contributed by atoms with Gasteiger partial charge < -0.3 is 0 Å². The molecule has 1 atom stereocenters. The van der Waals surface area contributed by atoms with Crippen molar-refractivity contribution in [1.29, 1.82) is 0 Å².